The van der Waals surface area contributed by atoms with Crippen LogP contribution in [-0.4, -0.2) is 16.0 Å². The van der Waals surface area contributed by atoms with Crippen molar-refractivity contribution in [3.63, 3.8) is 0 Å². The molecule has 1 N–H and O–H groups in total. The Morgan fingerprint density at radius 1 is 1.47 bits per heavy atom. The van der Waals surface area contributed by atoms with Crippen molar-refractivity contribution in [3.8, 4) is 6.07 Å². The number of carbonyl (C=O) groups is 1. The minimum Gasteiger partial charge on any atom is -0.346 e. The van der Waals surface area contributed by atoms with Crippen molar-refractivity contribution in [2.45, 2.75) is 19.4 Å². The van der Waals surface area contributed by atoms with Crippen molar-refractivity contribution < 1.29 is 9.32 Å². The molecular weight excluding hydrogens is 244 g/mol. The number of rotatable bonds is 4. The molecule has 0 saturated heterocycles. The van der Waals surface area contributed by atoms with Gasteiger partial charge in [-0.3, -0.25) is 4.79 Å². The second-order valence-electron chi connectivity index (χ2n) is 3.93. The van der Waals surface area contributed by atoms with E-state index in [1.54, 1.807) is 31.2 Å². The van der Waals surface area contributed by atoms with E-state index in [1.165, 1.54) is 0 Å². The summed E-state index contributed by atoms with van der Waals surface area (Å²) in [6.45, 7) is 1.81. The van der Waals surface area contributed by atoms with E-state index in [-0.39, 0.29) is 12.5 Å². The molecule has 0 bridgehead atoms. The van der Waals surface area contributed by atoms with Gasteiger partial charge in [-0.2, -0.15) is 10.2 Å². The van der Waals surface area contributed by atoms with Crippen molar-refractivity contribution in [1.29, 1.82) is 5.26 Å². The monoisotopic (exact) mass is 256 g/mol. The normalized spacial score (nSPS) is 11.6. The van der Waals surface area contributed by atoms with E-state index in [0.29, 0.717) is 17.3 Å². The van der Waals surface area contributed by atoms with Gasteiger partial charge in [0.25, 0.3) is 0 Å². The van der Waals surface area contributed by atoms with Gasteiger partial charge in [0, 0.05) is 0 Å². The lowest BCUT2D eigenvalue weighted by Crippen LogP contribution is -2.28. The summed E-state index contributed by atoms with van der Waals surface area (Å²) in [5.41, 5.74) is 0.657. The maximum atomic E-state index is 11.9. The van der Waals surface area contributed by atoms with Crippen LogP contribution in [-0.2, 0) is 11.3 Å². The molecule has 0 radical (unpaired) electrons. The predicted octanol–water partition coefficient (Wildman–Crippen LogP) is 1.30. The van der Waals surface area contributed by atoms with E-state index in [4.69, 9.17) is 9.78 Å². The first kappa shape index (κ1) is 12.8. The number of nitrogens with one attached hydrogen (secondary N) is 1. The molecule has 0 aliphatic carbocycles. The number of aryl methyl sites for hydroxylation is 1. The number of nitrogens with zero attached hydrogens (tertiary/aromatic N) is 3. The van der Waals surface area contributed by atoms with Crippen molar-refractivity contribution >= 4 is 5.91 Å². The van der Waals surface area contributed by atoms with E-state index < -0.39 is 5.92 Å². The van der Waals surface area contributed by atoms with Crippen LogP contribution in [0, 0.1) is 18.3 Å². The molecule has 19 heavy (non-hydrogen) atoms. The fraction of sp³-hybridized carbons (Fsp3) is 0.231. The highest BCUT2D eigenvalue weighted by atomic mass is 16.5. The minimum absolute atomic E-state index is 0.116. The van der Waals surface area contributed by atoms with Crippen molar-refractivity contribution in [3.05, 3.63) is 47.6 Å². The maximum Gasteiger partial charge on any atom is 0.246 e. The Morgan fingerprint density at radius 3 is 2.79 bits per heavy atom. The van der Waals surface area contributed by atoms with Gasteiger partial charge < -0.3 is 9.84 Å². The minimum atomic E-state index is -0.842. The zero-order valence-corrected chi connectivity index (χ0v) is 10.3. The molecule has 0 spiro atoms. The lowest BCUT2D eigenvalue weighted by molar-refractivity contribution is -0.121. The quantitative estimate of drug-likeness (QED) is 0.890. The van der Waals surface area contributed by atoms with Crippen molar-refractivity contribution in [2.24, 2.45) is 0 Å². The van der Waals surface area contributed by atoms with Gasteiger partial charge in [0.1, 0.15) is 5.92 Å². The summed E-state index contributed by atoms with van der Waals surface area (Å²) in [5.74, 6) is -0.408. The number of hydrogen-bond donors (Lipinski definition) is 1. The van der Waals surface area contributed by atoms with Gasteiger partial charge in [-0.25, -0.2) is 0 Å². The molecule has 2 aromatic rings. The highest BCUT2D eigenvalue weighted by Crippen LogP contribution is 2.14. The van der Waals surface area contributed by atoms with Gasteiger partial charge in [-0.1, -0.05) is 35.5 Å². The van der Waals surface area contributed by atoms with E-state index >= 15 is 0 Å². The van der Waals surface area contributed by atoms with Gasteiger partial charge in [0.15, 0.2) is 5.82 Å². The topological polar surface area (TPSA) is 91.8 Å². The lowest BCUT2D eigenvalue weighted by atomic mass is 10.00. The highest BCUT2D eigenvalue weighted by molar-refractivity contribution is 5.86. The molecule has 6 nitrogen and oxygen atoms in total. The predicted molar refractivity (Wildman–Crippen MR) is 65.7 cm³/mol. The molecule has 0 aliphatic heterocycles. The standard InChI is InChI=1S/C13H12N4O2/c1-9-16-12(19-17-9)8-15-13(18)11(7-14)10-5-3-2-4-6-10/h2-6,11H,8H2,1H3,(H,15,18). The number of hydrogen-bond acceptors (Lipinski definition) is 5. The van der Waals surface area contributed by atoms with E-state index in [0.717, 1.165) is 0 Å². The summed E-state index contributed by atoms with van der Waals surface area (Å²) in [6.07, 6.45) is 0. The molecule has 1 unspecified atom stereocenters. The van der Waals surface area contributed by atoms with Gasteiger partial charge in [0.05, 0.1) is 12.6 Å². The second kappa shape index (κ2) is 5.78. The number of nitriles is 1. The molecule has 0 aliphatic rings. The number of amides is 1. The summed E-state index contributed by atoms with van der Waals surface area (Å²) in [4.78, 5) is 15.9. The zero-order valence-electron chi connectivity index (χ0n) is 10.3. The van der Waals surface area contributed by atoms with E-state index in [9.17, 15) is 4.79 Å². The Kier molecular flexibility index (Phi) is 3.88. The van der Waals surface area contributed by atoms with Crippen molar-refractivity contribution in [1.82, 2.24) is 15.5 Å². The van der Waals surface area contributed by atoms with Crippen LogP contribution in [0.2, 0.25) is 0 Å². The zero-order chi connectivity index (χ0) is 13.7. The van der Waals surface area contributed by atoms with Gasteiger partial charge in [-0.15, -0.1) is 0 Å². The smallest absolute Gasteiger partial charge is 0.246 e. The summed E-state index contributed by atoms with van der Waals surface area (Å²) < 4.78 is 4.88. The SMILES string of the molecule is Cc1noc(CNC(=O)C(C#N)c2ccccc2)n1. The average molecular weight is 256 g/mol. The molecule has 0 saturated carbocycles. The molecule has 6 heteroatoms. The number of aromatic nitrogens is 2. The van der Waals surface area contributed by atoms with Crippen LogP contribution in [0.15, 0.2) is 34.9 Å². The third-order valence-electron chi connectivity index (χ3n) is 2.51. The summed E-state index contributed by atoms with van der Waals surface area (Å²) in [5, 5.41) is 15.3. The molecule has 0 fully saturated rings. The molecular formula is C13H12N4O2. The maximum absolute atomic E-state index is 11.9. The van der Waals surface area contributed by atoms with Crippen LogP contribution in [0.25, 0.3) is 0 Å². The molecule has 1 aromatic heterocycles. The Labute approximate surface area is 110 Å². The molecule has 1 heterocycles. The van der Waals surface area contributed by atoms with Crippen LogP contribution in [0.1, 0.15) is 23.2 Å². The van der Waals surface area contributed by atoms with Gasteiger partial charge in [-0.05, 0) is 12.5 Å². The first-order chi connectivity index (χ1) is 9.20. The Bertz CT molecular complexity index is 601. The van der Waals surface area contributed by atoms with Crippen molar-refractivity contribution in [2.75, 3.05) is 0 Å². The second-order valence-corrected chi connectivity index (χ2v) is 3.93. The first-order valence-corrected chi connectivity index (χ1v) is 5.72. The third-order valence-corrected chi connectivity index (χ3v) is 2.51. The lowest BCUT2D eigenvalue weighted by Gasteiger charge is -2.08. The highest BCUT2D eigenvalue weighted by Gasteiger charge is 2.20. The van der Waals surface area contributed by atoms with Crippen LogP contribution in [0.4, 0.5) is 0 Å². The summed E-state index contributed by atoms with van der Waals surface area (Å²) in [7, 11) is 0. The van der Waals surface area contributed by atoms with Crippen LogP contribution in [0.3, 0.4) is 0 Å². The molecule has 96 valence electrons. The van der Waals surface area contributed by atoms with Crippen LogP contribution >= 0.6 is 0 Å². The molecule has 1 aromatic carbocycles. The van der Waals surface area contributed by atoms with E-state index in [1.807, 2.05) is 12.1 Å². The molecule has 1 atom stereocenters. The number of benzene rings is 1. The molecule has 2 rings (SSSR count). The average Bonchev–Trinajstić information content (AvgIpc) is 2.84. The van der Waals surface area contributed by atoms with Gasteiger partial charge >= 0.3 is 0 Å². The third kappa shape index (κ3) is 3.16. The molecule has 1 amide bonds. The van der Waals surface area contributed by atoms with E-state index in [2.05, 4.69) is 15.5 Å². The first-order valence-electron chi connectivity index (χ1n) is 5.72. The summed E-state index contributed by atoms with van der Waals surface area (Å²) in [6, 6.07) is 10.9. The summed E-state index contributed by atoms with van der Waals surface area (Å²) >= 11 is 0. The largest absolute Gasteiger partial charge is 0.346 e. The Morgan fingerprint density at radius 2 is 2.21 bits per heavy atom. The fourth-order valence-electron chi connectivity index (χ4n) is 1.61. The van der Waals surface area contributed by atoms with Crippen LogP contribution < -0.4 is 5.32 Å². The number of carbonyl (C=O) groups excluding carboxylic acids is 1. The fourth-order valence-corrected chi connectivity index (χ4v) is 1.61. The Balaban J connectivity index is 2.00. The van der Waals surface area contributed by atoms with Crippen LogP contribution in [0.5, 0.6) is 0 Å². The Hall–Kier alpha value is -2.68. The van der Waals surface area contributed by atoms with Gasteiger partial charge in [0.2, 0.25) is 11.8 Å².